The topological polar surface area (TPSA) is 53.2 Å². The van der Waals surface area contributed by atoms with Gasteiger partial charge in [-0.2, -0.15) is 5.26 Å². The van der Waals surface area contributed by atoms with Crippen molar-refractivity contribution in [2.24, 2.45) is 0 Å². The Kier molecular flexibility index (Phi) is 5.34. The number of thiophene rings is 1. The van der Waals surface area contributed by atoms with Gasteiger partial charge < -0.3 is 9.84 Å². The summed E-state index contributed by atoms with van der Waals surface area (Å²) in [5.74, 6) is 5.34. The SMILES string of the molecule is N#Cc1ccc(OCc2sccc2C#CCCO)c(F)c1. The van der Waals surface area contributed by atoms with Crippen molar-refractivity contribution in [3.8, 4) is 23.7 Å². The number of hydrogen-bond donors (Lipinski definition) is 1. The number of aliphatic hydroxyl groups is 1. The fourth-order valence-corrected chi connectivity index (χ4v) is 2.35. The van der Waals surface area contributed by atoms with Gasteiger partial charge in [-0.05, 0) is 29.6 Å². The Bertz CT molecular complexity index is 722. The molecule has 2 rings (SSSR count). The first-order chi connectivity index (χ1) is 10.2. The molecule has 0 radical (unpaired) electrons. The molecule has 106 valence electrons. The molecular formula is C16H12FNO2S. The van der Waals surface area contributed by atoms with E-state index < -0.39 is 5.82 Å². The number of nitrogens with zero attached hydrogens (tertiary/aromatic N) is 1. The molecule has 0 unspecified atom stereocenters. The summed E-state index contributed by atoms with van der Waals surface area (Å²) >= 11 is 1.48. The summed E-state index contributed by atoms with van der Waals surface area (Å²) in [7, 11) is 0. The highest BCUT2D eigenvalue weighted by Gasteiger charge is 2.07. The molecule has 0 spiro atoms. The summed E-state index contributed by atoms with van der Waals surface area (Å²) in [6.45, 7) is 0.239. The van der Waals surface area contributed by atoms with Crippen LogP contribution in [0.15, 0.2) is 29.6 Å². The Labute approximate surface area is 126 Å². The van der Waals surface area contributed by atoms with Gasteiger partial charge in [-0.25, -0.2) is 4.39 Å². The van der Waals surface area contributed by atoms with Crippen LogP contribution >= 0.6 is 11.3 Å². The lowest BCUT2D eigenvalue weighted by molar-refractivity contribution is 0.293. The molecule has 0 amide bonds. The fraction of sp³-hybridized carbons (Fsp3) is 0.188. The minimum absolute atomic E-state index is 0.0272. The maximum absolute atomic E-state index is 13.7. The number of benzene rings is 1. The van der Waals surface area contributed by atoms with Crippen LogP contribution in [-0.4, -0.2) is 11.7 Å². The van der Waals surface area contributed by atoms with Crippen molar-refractivity contribution in [1.29, 1.82) is 5.26 Å². The molecule has 5 heteroatoms. The van der Waals surface area contributed by atoms with Gasteiger partial charge in [-0.1, -0.05) is 11.8 Å². The molecule has 1 heterocycles. The van der Waals surface area contributed by atoms with Crippen molar-refractivity contribution >= 4 is 11.3 Å². The molecular weight excluding hydrogens is 289 g/mol. The van der Waals surface area contributed by atoms with Crippen LogP contribution in [0.4, 0.5) is 4.39 Å². The highest BCUT2D eigenvalue weighted by Crippen LogP contribution is 2.22. The molecule has 0 saturated carbocycles. The molecule has 3 nitrogen and oxygen atoms in total. The van der Waals surface area contributed by atoms with Crippen LogP contribution in [0.2, 0.25) is 0 Å². The van der Waals surface area contributed by atoms with Gasteiger partial charge in [-0.15, -0.1) is 11.3 Å². The third kappa shape index (κ3) is 4.06. The van der Waals surface area contributed by atoms with Crippen LogP contribution in [0.3, 0.4) is 0 Å². The molecule has 1 aromatic heterocycles. The van der Waals surface area contributed by atoms with E-state index in [4.69, 9.17) is 15.1 Å². The largest absolute Gasteiger partial charge is 0.485 e. The lowest BCUT2D eigenvalue weighted by atomic mass is 10.2. The molecule has 0 fully saturated rings. The van der Waals surface area contributed by atoms with Gasteiger partial charge in [0.05, 0.1) is 23.1 Å². The molecule has 21 heavy (non-hydrogen) atoms. The molecule has 0 saturated heterocycles. The van der Waals surface area contributed by atoms with Crippen LogP contribution in [0.1, 0.15) is 22.4 Å². The Morgan fingerprint density at radius 2 is 2.19 bits per heavy atom. The zero-order valence-corrected chi connectivity index (χ0v) is 11.9. The Morgan fingerprint density at radius 1 is 1.33 bits per heavy atom. The average molecular weight is 301 g/mol. The summed E-state index contributed by atoms with van der Waals surface area (Å²) in [5, 5.41) is 19.3. The number of ether oxygens (including phenoxy) is 1. The van der Waals surface area contributed by atoms with E-state index in [1.807, 2.05) is 17.5 Å². The number of hydrogen-bond acceptors (Lipinski definition) is 4. The van der Waals surface area contributed by atoms with Crippen molar-refractivity contribution in [3.63, 3.8) is 0 Å². The van der Waals surface area contributed by atoms with Crippen LogP contribution in [0, 0.1) is 29.0 Å². The third-order valence-corrected chi connectivity index (χ3v) is 3.52. The Balaban J connectivity index is 2.06. The molecule has 0 bridgehead atoms. The minimum atomic E-state index is -0.557. The lowest BCUT2D eigenvalue weighted by Crippen LogP contribution is -1.97. The monoisotopic (exact) mass is 301 g/mol. The molecule has 2 aromatic rings. The Hall–Kier alpha value is -2.34. The molecule has 0 aliphatic rings. The molecule has 1 aromatic carbocycles. The van der Waals surface area contributed by atoms with Gasteiger partial charge in [0.1, 0.15) is 6.61 Å². The van der Waals surface area contributed by atoms with E-state index in [9.17, 15) is 4.39 Å². The second kappa shape index (κ2) is 7.44. The van der Waals surface area contributed by atoms with E-state index in [1.54, 1.807) is 0 Å². The number of halogens is 1. The van der Waals surface area contributed by atoms with E-state index in [-0.39, 0.29) is 24.5 Å². The first-order valence-electron chi connectivity index (χ1n) is 6.23. The zero-order valence-electron chi connectivity index (χ0n) is 11.1. The maximum Gasteiger partial charge on any atom is 0.166 e. The highest BCUT2D eigenvalue weighted by molar-refractivity contribution is 7.10. The smallest absolute Gasteiger partial charge is 0.166 e. The summed E-state index contributed by atoms with van der Waals surface area (Å²) in [6, 6.07) is 7.83. The van der Waals surface area contributed by atoms with E-state index in [0.717, 1.165) is 16.5 Å². The quantitative estimate of drug-likeness (QED) is 0.883. The summed E-state index contributed by atoms with van der Waals surface area (Å²) in [4.78, 5) is 0.893. The van der Waals surface area contributed by atoms with E-state index in [2.05, 4.69) is 11.8 Å². The van der Waals surface area contributed by atoms with Gasteiger partial charge in [0, 0.05) is 12.0 Å². The standard InChI is InChI=1S/C16H12FNO2S/c17-14-9-12(10-18)4-5-15(14)20-11-16-13(6-8-21-16)3-1-2-7-19/h4-6,8-9,19H,2,7,11H2. The highest BCUT2D eigenvalue weighted by atomic mass is 32.1. The molecule has 0 aliphatic carbocycles. The number of nitriles is 1. The lowest BCUT2D eigenvalue weighted by Gasteiger charge is -2.06. The van der Waals surface area contributed by atoms with Gasteiger partial charge >= 0.3 is 0 Å². The first-order valence-corrected chi connectivity index (χ1v) is 7.11. The first kappa shape index (κ1) is 15.1. The Morgan fingerprint density at radius 3 is 2.90 bits per heavy atom. The van der Waals surface area contributed by atoms with Gasteiger partial charge in [0.15, 0.2) is 11.6 Å². The van der Waals surface area contributed by atoms with E-state index in [0.29, 0.717) is 6.42 Å². The second-order valence-corrected chi connectivity index (χ2v) is 5.08. The minimum Gasteiger partial charge on any atom is -0.485 e. The number of rotatable bonds is 4. The maximum atomic E-state index is 13.7. The normalized spacial score (nSPS) is 9.57. The second-order valence-electron chi connectivity index (χ2n) is 4.08. The van der Waals surface area contributed by atoms with E-state index >= 15 is 0 Å². The van der Waals surface area contributed by atoms with Crippen molar-refractivity contribution < 1.29 is 14.2 Å². The predicted octanol–water partition coefficient (Wildman–Crippen LogP) is 3.07. The van der Waals surface area contributed by atoms with Crippen molar-refractivity contribution in [2.75, 3.05) is 6.61 Å². The fourth-order valence-electron chi connectivity index (χ4n) is 1.61. The van der Waals surface area contributed by atoms with Crippen molar-refractivity contribution in [3.05, 3.63) is 51.5 Å². The van der Waals surface area contributed by atoms with Gasteiger partial charge in [0.2, 0.25) is 0 Å². The zero-order chi connectivity index (χ0) is 15.1. The molecule has 0 aliphatic heterocycles. The van der Waals surface area contributed by atoms with Gasteiger partial charge in [-0.3, -0.25) is 0 Å². The summed E-state index contributed by atoms with van der Waals surface area (Å²) in [5.41, 5.74) is 1.08. The molecule has 1 N–H and O–H groups in total. The van der Waals surface area contributed by atoms with Crippen LogP contribution in [0.5, 0.6) is 5.75 Å². The van der Waals surface area contributed by atoms with Crippen LogP contribution in [0.25, 0.3) is 0 Å². The predicted molar refractivity (Wildman–Crippen MR) is 78.3 cm³/mol. The summed E-state index contributed by atoms with van der Waals surface area (Å²) in [6.07, 6.45) is 0.417. The molecule has 0 atom stereocenters. The van der Waals surface area contributed by atoms with Crippen molar-refractivity contribution in [2.45, 2.75) is 13.0 Å². The van der Waals surface area contributed by atoms with E-state index in [1.165, 1.54) is 23.5 Å². The number of aliphatic hydroxyl groups excluding tert-OH is 1. The third-order valence-electron chi connectivity index (χ3n) is 2.63. The van der Waals surface area contributed by atoms with Crippen LogP contribution in [-0.2, 0) is 6.61 Å². The van der Waals surface area contributed by atoms with Gasteiger partial charge in [0.25, 0.3) is 0 Å². The van der Waals surface area contributed by atoms with Crippen molar-refractivity contribution in [1.82, 2.24) is 0 Å². The van der Waals surface area contributed by atoms with Crippen LogP contribution < -0.4 is 4.74 Å². The average Bonchev–Trinajstić information content (AvgIpc) is 2.93. The summed E-state index contributed by atoms with van der Waals surface area (Å²) < 4.78 is 19.1.